The van der Waals surface area contributed by atoms with Crippen LogP contribution >= 0.6 is 0 Å². The van der Waals surface area contributed by atoms with Gasteiger partial charge in [0.05, 0.1) is 11.4 Å². The van der Waals surface area contributed by atoms with Crippen LogP contribution in [0.15, 0.2) is 211 Å². The maximum Gasteiger partial charge on any atom is 0.160 e. The number of nitrogens with zero attached hydrogens (tertiary/aromatic N) is 2. The molecule has 8 aromatic carbocycles. The second-order valence-corrected chi connectivity index (χ2v) is 13.8. The molecular formula is C52H34N2O. The predicted octanol–water partition coefficient (Wildman–Crippen LogP) is 14.0. The third kappa shape index (κ3) is 6.39. The van der Waals surface area contributed by atoms with Crippen LogP contribution in [0.2, 0.25) is 0 Å². The lowest BCUT2D eigenvalue weighted by molar-refractivity contribution is 0.669. The van der Waals surface area contributed by atoms with Crippen molar-refractivity contribution in [2.45, 2.75) is 0 Å². The van der Waals surface area contributed by atoms with Crippen molar-refractivity contribution in [3.63, 3.8) is 0 Å². The van der Waals surface area contributed by atoms with Gasteiger partial charge in [-0.25, -0.2) is 9.97 Å². The summed E-state index contributed by atoms with van der Waals surface area (Å²) in [5.74, 6) is 0.684. The number of para-hydroxylation sites is 1. The molecule has 10 rings (SSSR count). The molecule has 2 heterocycles. The second kappa shape index (κ2) is 13.9. The van der Waals surface area contributed by atoms with Crippen molar-refractivity contribution >= 4 is 21.9 Å². The topological polar surface area (TPSA) is 38.9 Å². The summed E-state index contributed by atoms with van der Waals surface area (Å²) in [4.78, 5) is 10.4. The average molecular weight is 703 g/mol. The van der Waals surface area contributed by atoms with E-state index in [-0.39, 0.29) is 0 Å². The largest absolute Gasteiger partial charge is 0.456 e. The van der Waals surface area contributed by atoms with Crippen LogP contribution in [-0.4, -0.2) is 9.97 Å². The van der Waals surface area contributed by atoms with Gasteiger partial charge in [0.15, 0.2) is 5.82 Å². The molecule has 0 saturated heterocycles. The van der Waals surface area contributed by atoms with Crippen molar-refractivity contribution in [3.05, 3.63) is 206 Å². The molecule has 0 amide bonds. The summed E-state index contributed by atoms with van der Waals surface area (Å²) in [7, 11) is 0. The highest BCUT2D eigenvalue weighted by molar-refractivity contribution is 6.06. The van der Waals surface area contributed by atoms with E-state index in [0.717, 1.165) is 77.8 Å². The Kier molecular flexibility index (Phi) is 8.16. The van der Waals surface area contributed by atoms with Crippen molar-refractivity contribution in [1.29, 1.82) is 0 Å². The van der Waals surface area contributed by atoms with Gasteiger partial charge in [0, 0.05) is 27.5 Å². The van der Waals surface area contributed by atoms with E-state index >= 15 is 0 Å². The average Bonchev–Trinajstić information content (AvgIpc) is 3.65. The van der Waals surface area contributed by atoms with Gasteiger partial charge in [-0.15, -0.1) is 0 Å². The molecule has 0 atom stereocenters. The van der Waals surface area contributed by atoms with E-state index in [4.69, 9.17) is 14.4 Å². The molecule has 0 saturated carbocycles. The molecule has 0 aliphatic heterocycles. The van der Waals surface area contributed by atoms with Gasteiger partial charge in [0.25, 0.3) is 0 Å². The highest BCUT2D eigenvalue weighted by atomic mass is 16.3. The quantitative estimate of drug-likeness (QED) is 0.166. The van der Waals surface area contributed by atoms with Crippen LogP contribution in [0.4, 0.5) is 0 Å². The lowest BCUT2D eigenvalue weighted by Crippen LogP contribution is -1.97. The summed E-state index contributed by atoms with van der Waals surface area (Å²) in [5.41, 5.74) is 15.6. The Bertz CT molecular complexity index is 2950. The van der Waals surface area contributed by atoms with Crippen molar-refractivity contribution in [2.75, 3.05) is 0 Å². The number of benzene rings is 8. The molecule has 3 nitrogen and oxygen atoms in total. The lowest BCUT2D eigenvalue weighted by Gasteiger charge is -2.14. The van der Waals surface area contributed by atoms with E-state index in [1.165, 1.54) is 16.7 Å². The molecule has 0 radical (unpaired) electrons. The molecule has 2 aromatic heterocycles. The van der Waals surface area contributed by atoms with Crippen LogP contribution < -0.4 is 0 Å². The van der Waals surface area contributed by atoms with E-state index in [1.807, 2.05) is 36.4 Å². The fourth-order valence-corrected chi connectivity index (χ4v) is 7.45. The molecule has 0 unspecified atom stereocenters. The van der Waals surface area contributed by atoms with E-state index in [9.17, 15) is 0 Å². The van der Waals surface area contributed by atoms with Crippen molar-refractivity contribution in [2.24, 2.45) is 0 Å². The maximum atomic E-state index is 6.21. The zero-order chi connectivity index (χ0) is 36.6. The zero-order valence-corrected chi connectivity index (χ0v) is 29.9. The van der Waals surface area contributed by atoms with Gasteiger partial charge in [0.2, 0.25) is 0 Å². The van der Waals surface area contributed by atoms with E-state index < -0.39 is 0 Å². The lowest BCUT2D eigenvalue weighted by atomic mass is 9.93. The van der Waals surface area contributed by atoms with Gasteiger partial charge in [-0.3, -0.25) is 0 Å². The van der Waals surface area contributed by atoms with Crippen LogP contribution in [0.25, 0.3) is 100 Å². The van der Waals surface area contributed by atoms with Gasteiger partial charge in [-0.1, -0.05) is 158 Å². The highest BCUT2D eigenvalue weighted by Gasteiger charge is 2.15. The van der Waals surface area contributed by atoms with Crippen LogP contribution in [0.3, 0.4) is 0 Å². The first-order valence-electron chi connectivity index (χ1n) is 18.6. The van der Waals surface area contributed by atoms with Crippen LogP contribution in [0, 0.1) is 0 Å². The third-order valence-corrected chi connectivity index (χ3v) is 10.3. The molecule has 0 aliphatic rings. The van der Waals surface area contributed by atoms with E-state index in [1.54, 1.807) is 0 Å². The van der Waals surface area contributed by atoms with Gasteiger partial charge in [0.1, 0.15) is 11.2 Å². The Labute approximate surface area is 319 Å². The third-order valence-electron chi connectivity index (χ3n) is 10.3. The first-order chi connectivity index (χ1) is 27.2. The van der Waals surface area contributed by atoms with Crippen molar-refractivity contribution in [1.82, 2.24) is 9.97 Å². The zero-order valence-electron chi connectivity index (χ0n) is 29.9. The first kappa shape index (κ1) is 32.3. The Hall–Kier alpha value is -7.36. The predicted molar refractivity (Wildman–Crippen MR) is 227 cm³/mol. The molecular weight excluding hydrogens is 669 g/mol. The number of rotatable bonds is 7. The monoisotopic (exact) mass is 702 g/mol. The van der Waals surface area contributed by atoms with E-state index in [0.29, 0.717) is 5.82 Å². The number of aromatic nitrogens is 2. The van der Waals surface area contributed by atoms with Gasteiger partial charge < -0.3 is 4.42 Å². The fraction of sp³-hybridized carbons (Fsp3) is 0. The fourth-order valence-electron chi connectivity index (χ4n) is 7.45. The molecule has 3 heteroatoms. The first-order valence-corrected chi connectivity index (χ1v) is 18.6. The van der Waals surface area contributed by atoms with Crippen molar-refractivity contribution in [3.8, 4) is 78.4 Å². The summed E-state index contributed by atoms with van der Waals surface area (Å²) in [6.07, 6.45) is 0. The molecule has 0 aliphatic carbocycles. The van der Waals surface area contributed by atoms with Crippen LogP contribution in [0.1, 0.15) is 0 Å². The summed E-state index contributed by atoms with van der Waals surface area (Å²) >= 11 is 0. The normalized spacial score (nSPS) is 11.3. The minimum Gasteiger partial charge on any atom is -0.456 e. The minimum atomic E-state index is 0.684. The Morgan fingerprint density at radius 3 is 1.40 bits per heavy atom. The summed E-state index contributed by atoms with van der Waals surface area (Å²) < 4.78 is 6.21. The van der Waals surface area contributed by atoms with Gasteiger partial charge in [-0.2, -0.15) is 0 Å². The molecule has 0 N–H and O–H groups in total. The van der Waals surface area contributed by atoms with Gasteiger partial charge >= 0.3 is 0 Å². The van der Waals surface area contributed by atoms with E-state index in [2.05, 4.69) is 170 Å². The number of hydrogen-bond acceptors (Lipinski definition) is 3. The summed E-state index contributed by atoms with van der Waals surface area (Å²) in [6, 6.07) is 72.3. The SMILES string of the molecule is c1ccc(-c2ccc(-c3cc(-c4ccc5oc6ccccc6c5c4)cc(-c4cc(-c5cccc(-c6ccccc6)c5)nc(-c5ccccc5)n4)c3)cc2)cc1. The second-order valence-electron chi connectivity index (χ2n) is 13.8. The Balaban J connectivity index is 1.16. The molecule has 10 aromatic rings. The van der Waals surface area contributed by atoms with Gasteiger partial charge in [-0.05, 0) is 93.0 Å². The number of fused-ring (bicyclic) bond motifs is 3. The van der Waals surface area contributed by atoms with Crippen LogP contribution in [-0.2, 0) is 0 Å². The number of hydrogen-bond donors (Lipinski definition) is 0. The number of furan rings is 1. The molecule has 258 valence electrons. The standard InChI is InChI=1S/C52H34N2O/c1-4-13-35(14-5-1)37-23-25-38(26-24-37)43-30-44(41-27-28-51-47(33-41)46-21-10-11-22-50(46)55-51)32-45(31-43)49-34-48(53-52(54-49)39-17-8-3-9-18-39)42-20-12-19-40(29-42)36-15-6-2-7-16-36/h1-34H. The smallest absolute Gasteiger partial charge is 0.160 e. The van der Waals surface area contributed by atoms with Crippen molar-refractivity contribution < 1.29 is 4.42 Å². The molecule has 0 spiro atoms. The summed E-state index contributed by atoms with van der Waals surface area (Å²) in [6.45, 7) is 0. The maximum absolute atomic E-state index is 6.21. The molecule has 0 fully saturated rings. The highest BCUT2D eigenvalue weighted by Crippen LogP contribution is 2.38. The summed E-state index contributed by atoms with van der Waals surface area (Å²) in [5, 5.41) is 2.21. The minimum absolute atomic E-state index is 0.684. The van der Waals surface area contributed by atoms with Crippen LogP contribution in [0.5, 0.6) is 0 Å². The Morgan fingerprint density at radius 1 is 0.255 bits per heavy atom. The molecule has 55 heavy (non-hydrogen) atoms. The Morgan fingerprint density at radius 2 is 0.691 bits per heavy atom. The molecule has 0 bridgehead atoms.